The summed E-state index contributed by atoms with van der Waals surface area (Å²) in [5.41, 5.74) is 0.880. The van der Waals surface area contributed by atoms with Crippen LogP contribution >= 0.6 is 11.3 Å². The molecule has 0 aliphatic heterocycles. The van der Waals surface area contributed by atoms with E-state index in [1.807, 2.05) is 0 Å². The van der Waals surface area contributed by atoms with Crippen LogP contribution in [0.5, 0.6) is 0 Å². The number of anilines is 1. The predicted molar refractivity (Wildman–Crippen MR) is 79.2 cm³/mol. The lowest BCUT2D eigenvalue weighted by Gasteiger charge is -2.34. The monoisotopic (exact) mass is 278 g/mol. The van der Waals surface area contributed by atoms with Crippen LogP contribution in [0.2, 0.25) is 0 Å². The molecule has 4 heteroatoms. The molecule has 2 aromatic rings. The van der Waals surface area contributed by atoms with Gasteiger partial charge in [0.2, 0.25) is 0 Å². The van der Waals surface area contributed by atoms with Gasteiger partial charge in [-0.3, -0.25) is 0 Å². The normalized spacial score (nSPS) is 27.6. The van der Waals surface area contributed by atoms with Crippen LogP contribution in [0.15, 0.2) is 18.2 Å². The second kappa shape index (κ2) is 5.08. The highest BCUT2D eigenvalue weighted by Crippen LogP contribution is 2.33. The number of hydrogen-bond acceptors (Lipinski definition) is 3. The summed E-state index contributed by atoms with van der Waals surface area (Å²) in [5.74, 6) is 1.23. The van der Waals surface area contributed by atoms with E-state index in [-0.39, 0.29) is 5.82 Å². The summed E-state index contributed by atoms with van der Waals surface area (Å²) in [6.45, 7) is 4.64. The highest BCUT2D eigenvalue weighted by Gasteiger charge is 2.27. The van der Waals surface area contributed by atoms with E-state index in [1.54, 1.807) is 23.5 Å². The minimum atomic E-state index is -0.192. The van der Waals surface area contributed by atoms with Gasteiger partial charge >= 0.3 is 0 Å². The van der Waals surface area contributed by atoms with Crippen molar-refractivity contribution in [1.29, 1.82) is 0 Å². The number of halogens is 1. The third-order valence-electron chi connectivity index (χ3n) is 4.37. The lowest BCUT2D eigenvalue weighted by molar-refractivity contribution is 0.253. The van der Waals surface area contributed by atoms with E-state index < -0.39 is 0 Å². The van der Waals surface area contributed by atoms with Crippen LogP contribution in [0.3, 0.4) is 0 Å². The van der Waals surface area contributed by atoms with Crippen LogP contribution < -0.4 is 5.32 Å². The number of rotatable bonds is 2. The number of nitrogens with zero attached hydrogens (tertiary/aromatic N) is 1. The van der Waals surface area contributed by atoms with Gasteiger partial charge in [-0.25, -0.2) is 9.37 Å². The molecule has 0 bridgehead atoms. The maximum Gasteiger partial charge on any atom is 0.184 e. The second-order valence-electron chi connectivity index (χ2n) is 5.65. The molecule has 102 valence electrons. The Hall–Kier alpha value is -1.16. The maximum absolute atomic E-state index is 13.2. The molecule has 1 N–H and O–H groups in total. The first-order valence-corrected chi connectivity index (χ1v) is 7.78. The van der Waals surface area contributed by atoms with Gasteiger partial charge in [0.05, 0.1) is 10.2 Å². The summed E-state index contributed by atoms with van der Waals surface area (Å²) >= 11 is 1.55. The Morgan fingerprint density at radius 2 is 2.16 bits per heavy atom. The van der Waals surface area contributed by atoms with Crippen molar-refractivity contribution < 1.29 is 4.39 Å². The fourth-order valence-electron chi connectivity index (χ4n) is 2.90. The second-order valence-corrected chi connectivity index (χ2v) is 6.68. The molecule has 0 radical (unpaired) electrons. The Morgan fingerprint density at radius 1 is 1.32 bits per heavy atom. The van der Waals surface area contributed by atoms with Crippen LogP contribution in [0.1, 0.15) is 33.1 Å². The molecule has 1 heterocycles. The van der Waals surface area contributed by atoms with Gasteiger partial charge in [-0.05, 0) is 36.5 Å². The smallest absolute Gasteiger partial charge is 0.184 e. The van der Waals surface area contributed by atoms with E-state index in [9.17, 15) is 4.39 Å². The fourth-order valence-corrected chi connectivity index (χ4v) is 3.86. The molecule has 1 aliphatic rings. The number of hydrogen-bond donors (Lipinski definition) is 1. The lowest BCUT2D eigenvalue weighted by Crippen LogP contribution is -2.34. The van der Waals surface area contributed by atoms with Crippen molar-refractivity contribution >= 4 is 26.7 Å². The van der Waals surface area contributed by atoms with Gasteiger partial charge in [-0.2, -0.15) is 0 Å². The molecule has 1 aromatic carbocycles. The molecule has 1 saturated carbocycles. The highest BCUT2D eigenvalue weighted by molar-refractivity contribution is 7.22. The standard InChI is InChI=1S/C15H19FN2S/c1-9-4-3-5-12(10(9)2)17-15-18-13-7-6-11(16)8-14(13)19-15/h6-10,12H,3-5H2,1-2H3,(H,17,18). The van der Waals surface area contributed by atoms with Gasteiger partial charge in [0, 0.05) is 6.04 Å². The van der Waals surface area contributed by atoms with Crippen molar-refractivity contribution in [3.8, 4) is 0 Å². The highest BCUT2D eigenvalue weighted by atomic mass is 32.1. The molecule has 0 spiro atoms. The van der Waals surface area contributed by atoms with E-state index in [0.29, 0.717) is 12.0 Å². The zero-order valence-electron chi connectivity index (χ0n) is 11.3. The first-order chi connectivity index (χ1) is 9.13. The van der Waals surface area contributed by atoms with Gasteiger partial charge in [0.25, 0.3) is 0 Å². The van der Waals surface area contributed by atoms with Crippen molar-refractivity contribution in [3.63, 3.8) is 0 Å². The molecule has 1 aromatic heterocycles. The minimum absolute atomic E-state index is 0.192. The van der Waals surface area contributed by atoms with Crippen molar-refractivity contribution in [1.82, 2.24) is 4.98 Å². The first-order valence-electron chi connectivity index (χ1n) is 6.96. The molecule has 0 amide bonds. The lowest BCUT2D eigenvalue weighted by atomic mass is 9.78. The Morgan fingerprint density at radius 3 is 3.00 bits per heavy atom. The summed E-state index contributed by atoms with van der Waals surface area (Å²) in [6, 6.07) is 5.27. The van der Waals surface area contributed by atoms with Crippen LogP contribution in [-0.4, -0.2) is 11.0 Å². The zero-order chi connectivity index (χ0) is 13.4. The Balaban J connectivity index is 1.81. The molecule has 3 rings (SSSR count). The van der Waals surface area contributed by atoms with E-state index >= 15 is 0 Å². The van der Waals surface area contributed by atoms with E-state index in [4.69, 9.17) is 0 Å². The fraction of sp³-hybridized carbons (Fsp3) is 0.533. The Bertz CT molecular complexity index is 581. The topological polar surface area (TPSA) is 24.9 Å². The number of aromatic nitrogens is 1. The maximum atomic E-state index is 13.2. The minimum Gasteiger partial charge on any atom is -0.358 e. The summed E-state index contributed by atoms with van der Waals surface area (Å²) < 4.78 is 14.1. The molecule has 1 fully saturated rings. The largest absolute Gasteiger partial charge is 0.358 e. The molecular formula is C15H19FN2S. The number of benzene rings is 1. The van der Waals surface area contributed by atoms with Crippen molar-refractivity contribution in [3.05, 3.63) is 24.0 Å². The molecule has 3 unspecified atom stereocenters. The quantitative estimate of drug-likeness (QED) is 0.863. The Labute approximate surface area is 117 Å². The van der Waals surface area contributed by atoms with Crippen molar-refractivity contribution in [2.75, 3.05) is 5.32 Å². The van der Waals surface area contributed by atoms with Gasteiger partial charge in [0.1, 0.15) is 5.82 Å². The van der Waals surface area contributed by atoms with Crippen LogP contribution in [0.25, 0.3) is 10.2 Å². The first kappa shape index (κ1) is 12.9. The number of nitrogens with one attached hydrogen (secondary N) is 1. The van der Waals surface area contributed by atoms with E-state index in [2.05, 4.69) is 24.1 Å². The van der Waals surface area contributed by atoms with E-state index in [1.165, 1.54) is 25.3 Å². The van der Waals surface area contributed by atoms with Crippen LogP contribution in [-0.2, 0) is 0 Å². The van der Waals surface area contributed by atoms with Gasteiger partial charge in [-0.15, -0.1) is 0 Å². The number of fused-ring (bicyclic) bond motifs is 1. The summed E-state index contributed by atoms with van der Waals surface area (Å²) in [5, 5.41) is 4.48. The van der Waals surface area contributed by atoms with Crippen molar-refractivity contribution in [2.45, 2.75) is 39.2 Å². The van der Waals surface area contributed by atoms with Crippen LogP contribution in [0.4, 0.5) is 9.52 Å². The van der Waals surface area contributed by atoms with Crippen LogP contribution in [0, 0.1) is 17.7 Å². The number of thiazole rings is 1. The molecule has 3 atom stereocenters. The predicted octanol–water partition coefficient (Wildman–Crippen LogP) is 4.67. The zero-order valence-corrected chi connectivity index (χ0v) is 12.1. The summed E-state index contributed by atoms with van der Waals surface area (Å²) in [4.78, 5) is 4.55. The summed E-state index contributed by atoms with van der Waals surface area (Å²) in [7, 11) is 0. The molecule has 2 nitrogen and oxygen atoms in total. The SMILES string of the molecule is CC1CCCC(Nc2nc3ccc(F)cc3s2)C1C. The van der Waals surface area contributed by atoms with Gasteiger partial charge < -0.3 is 5.32 Å². The van der Waals surface area contributed by atoms with Gasteiger partial charge in [-0.1, -0.05) is 38.0 Å². The molecule has 0 saturated heterocycles. The average Bonchev–Trinajstić information content (AvgIpc) is 2.76. The molecular weight excluding hydrogens is 259 g/mol. The van der Waals surface area contributed by atoms with Crippen molar-refractivity contribution in [2.24, 2.45) is 11.8 Å². The average molecular weight is 278 g/mol. The Kier molecular flexibility index (Phi) is 3.44. The third kappa shape index (κ3) is 2.59. The molecule has 19 heavy (non-hydrogen) atoms. The summed E-state index contributed by atoms with van der Waals surface area (Å²) in [6.07, 6.45) is 3.81. The van der Waals surface area contributed by atoms with E-state index in [0.717, 1.165) is 21.3 Å². The molecule has 1 aliphatic carbocycles. The van der Waals surface area contributed by atoms with Gasteiger partial charge in [0.15, 0.2) is 5.13 Å². The third-order valence-corrected chi connectivity index (χ3v) is 5.32.